The third-order valence-corrected chi connectivity index (χ3v) is 2.62. The largest absolute Gasteiger partial charge is 0.380 e. The molecule has 20 heavy (non-hydrogen) atoms. The van der Waals surface area contributed by atoms with Gasteiger partial charge < -0.3 is 15.8 Å². The first-order valence-corrected chi connectivity index (χ1v) is 6.76. The molecule has 0 saturated carbocycles. The van der Waals surface area contributed by atoms with Gasteiger partial charge in [-0.05, 0) is 44.5 Å². The Morgan fingerprint density at radius 1 is 1.45 bits per heavy atom. The summed E-state index contributed by atoms with van der Waals surface area (Å²) in [6, 6.07) is 5.53. The van der Waals surface area contributed by atoms with E-state index in [1.54, 1.807) is 6.07 Å². The third-order valence-electron chi connectivity index (χ3n) is 2.62. The van der Waals surface area contributed by atoms with Gasteiger partial charge in [-0.3, -0.25) is 4.79 Å². The fourth-order valence-electron chi connectivity index (χ4n) is 1.78. The zero-order chi connectivity index (χ0) is 15.0. The summed E-state index contributed by atoms with van der Waals surface area (Å²) in [5, 5.41) is 2.90. The summed E-state index contributed by atoms with van der Waals surface area (Å²) in [6.07, 6.45) is 0. The molecule has 0 fully saturated rings. The fraction of sp³-hybridized carbons (Fsp3) is 0.438. The Morgan fingerprint density at radius 2 is 2.20 bits per heavy atom. The summed E-state index contributed by atoms with van der Waals surface area (Å²) in [5.41, 5.74) is 7.76. The highest BCUT2D eigenvalue weighted by Gasteiger charge is 2.10. The fourth-order valence-corrected chi connectivity index (χ4v) is 1.78. The Balaban J connectivity index is 2.79. The van der Waals surface area contributed by atoms with Crippen molar-refractivity contribution < 1.29 is 9.53 Å². The molecule has 0 radical (unpaired) electrons. The number of hydrogen-bond donors (Lipinski definition) is 2. The van der Waals surface area contributed by atoms with Crippen LogP contribution in [0, 0.1) is 18.8 Å². The number of aryl methyl sites for hydroxylation is 1. The van der Waals surface area contributed by atoms with Crippen LogP contribution in [-0.4, -0.2) is 31.7 Å². The normalized spacial score (nSPS) is 11.4. The van der Waals surface area contributed by atoms with E-state index in [4.69, 9.17) is 10.5 Å². The number of rotatable bonds is 5. The molecule has 3 N–H and O–H groups in total. The van der Waals surface area contributed by atoms with Crippen molar-refractivity contribution in [2.75, 3.05) is 19.8 Å². The lowest BCUT2D eigenvalue weighted by Gasteiger charge is -2.14. The molecule has 1 atom stereocenters. The van der Waals surface area contributed by atoms with Crippen LogP contribution in [0.1, 0.15) is 35.3 Å². The van der Waals surface area contributed by atoms with Crippen molar-refractivity contribution >= 4 is 5.91 Å². The van der Waals surface area contributed by atoms with Gasteiger partial charge in [0.05, 0.1) is 13.2 Å². The van der Waals surface area contributed by atoms with E-state index in [0.717, 1.165) is 11.1 Å². The van der Waals surface area contributed by atoms with Crippen LogP contribution >= 0.6 is 0 Å². The first-order chi connectivity index (χ1) is 9.56. The zero-order valence-electron chi connectivity index (χ0n) is 12.3. The number of benzene rings is 1. The van der Waals surface area contributed by atoms with E-state index in [1.165, 1.54) is 0 Å². The van der Waals surface area contributed by atoms with Crippen LogP contribution in [0.2, 0.25) is 0 Å². The molecule has 108 valence electrons. The molecule has 0 aliphatic rings. The first-order valence-electron chi connectivity index (χ1n) is 6.76. The Morgan fingerprint density at radius 3 is 2.85 bits per heavy atom. The first kappa shape index (κ1) is 16.2. The van der Waals surface area contributed by atoms with Gasteiger partial charge in [0.2, 0.25) is 0 Å². The molecule has 0 aliphatic heterocycles. The molecule has 4 nitrogen and oxygen atoms in total. The number of ether oxygens (including phenoxy) is 1. The molecule has 1 unspecified atom stereocenters. The van der Waals surface area contributed by atoms with Crippen LogP contribution in [0.5, 0.6) is 0 Å². The maximum absolute atomic E-state index is 12.2. The lowest BCUT2D eigenvalue weighted by molar-refractivity contribution is 0.0872. The highest BCUT2D eigenvalue weighted by Crippen LogP contribution is 2.09. The minimum Gasteiger partial charge on any atom is -0.380 e. The molecule has 0 aromatic heterocycles. The van der Waals surface area contributed by atoms with Crippen molar-refractivity contribution in [2.45, 2.75) is 26.8 Å². The highest BCUT2D eigenvalue weighted by molar-refractivity contribution is 5.95. The average Bonchev–Trinajstić information content (AvgIpc) is 2.42. The van der Waals surface area contributed by atoms with Gasteiger partial charge >= 0.3 is 0 Å². The SMILES string of the molecule is CCOCC(C)NC(=O)c1cc(C)cc(C#CCN)c1. The summed E-state index contributed by atoms with van der Waals surface area (Å²) < 4.78 is 5.28. The van der Waals surface area contributed by atoms with Crippen LogP contribution in [0.15, 0.2) is 18.2 Å². The standard InChI is InChI=1S/C16H22N2O2/c1-4-20-11-13(3)18-16(19)15-9-12(2)8-14(10-15)6-5-7-17/h8-10,13H,4,7,11,17H2,1-3H3,(H,18,19). The van der Waals surface area contributed by atoms with Crippen LogP contribution in [0.3, 0.4) is 0 Å². The van der Waals surface area contributed by atoms with Crippen LogP contribution in [-0.2, 0) is 4.74 Å². The molecular formula is C16H22N2O2. The van der Waals surface area contributed by atoms with Gasteiger partial charge in [0.25, 0.3) is 5.91 Å². The summed E-state index contributed by atoms with van der Waals surface area (Å²) in [6.45, 7) is 7.24. The maximum Gasteiger partial charge on any atom is 0.251 e. The predicted octanol–water partition coefficient (Wildman–Crippen LogP) is 1.46. The molecule has 0 aliphatic carbocycles. The van der Waals surface area contributed by atoms with E-state index in [-0.39, 0.29) is 11.9 Å². The molecule has 1 aromatic carbocycles. The number of amides is 1. The molecule has 0 saturated heterocycles. The number of hydrogen-bond acceptors (Lipinski definition) is 3. The van der Waals surface area contributed by atoms with Gasteiger partial charge in [0.15, 0.2) is 0 Å². The lowest BCUT2D eigenvalue weighted by atomic mass is 10.1. The van der Waals surface area contributed by atoms with Crippen molar-refractivity contribution in [1.29, 1.82) is 0 Å². The molecule has 0 spiro atoms. The van der Waals surface area contributed by atoms with Gasteiger partial charge in [0.1, 0.15) is 0 Å². The van der Waals surface area contributed by atoms with Gasteiger partial charge in [-0.1, -0.05) is 11.8 Å². The molecular weight excluding hydrogens is 252 g/mol. The van der Waals surface area contributed by atoms with Gasteiger partial charge in [-0.25, -0.2) is 0 Å². The van der Waals surface area contributed by atoms with Gasteiger partial charge in [0, 0.05) is 23.8 Å². The minimum atomic E-state index is -0.114. The van der Waals surface area contributed by atoms with E-state index >= 15 is 0 Å². The number of carbonyl (C=O) groups excluding carboxylic acids is 1. The number of nitrogens with two attached hydrogens (primary N) is 1. The second kappa shape index (κ2) is 8.36. The quantitative estimate of drug-likeness (QED) is 0.799. The second-order valence-electron chi connectivity index (χ2n) is 4.63. The lowest BCUT2D eigenvalue weighted by Crippen LogP contribution is -2.36. The molecule has 1 amide bonds. The van der Waals surface area contributed by atoms with E-state index in [0.29, 0.717) is 25.3 Å². The van der Waals surface area contributed by atoms with Crippen molar-refractivity contribution in [3.8, 4) is 11.8 Å². The predicted molar refractivity (Wildman–Crippen MR) is 80.5 cm³/mol. The maximum atomic E-state index is 12.2. The Labute approximate surface area is 120 Å². The van der Waals surface area contributed by atoms with Crippen molar-refractivity contribution in [3.05, 3.63) is 34.9 Å². The molecule has 1 aromatic rings. The van der Waals surface area contributed by atoms with E-state index in [2.05, 4.69) is 17.2 Å². The Bertz CT molecular complexity index is 515. The minimum absolute atomic E-state index is 0.0264. The Kier molecular flexibility index (Phi) is 6.78. The average molecular weight is 274 g/mol. The van der Waals surface area contributed by atoms with E-state index in [9.17, 15) is 4.79 Å². The zero-order valence-corrected chi connectivity index (χ0v) is 12.3. The highest BCUT2D eigenvalue weighted by atomic mass is 16.5. The van der Waals surface area contributed by atoms with E-state index < -0.39 is 0 Å². The summed E-state index contributed by atoms with van der Waals surface area (Å²) in [7, 11) is 0. The molecule has 1 rings (SSSR count). The number of nitrogens with one attached hydrogen (secondary N) is 1. The molecule has 0 bridgehead atoms. The summed E-state index contributed by atoms with van der Waals surface area (Å²) >= 11 is 0. The van der Waals surface area contributed by atoms with Crippen molar-refractivity contribution in [2.24, 2.45) is 5.73 Å². The van der Waals surface area contributed by atoms with Gasteiger partial charge in [-0.2, -0.15) is 0 Å². The van der Waals surface area contributed by atoms with Gasteiger partial charge in [-0.15, -0.1) is 0 Å². The summed E-state index contributed by atoms with van der Waals surface area (Å²) in [4.78, 5) is 12.2. The number of carbonyl (C=O) groups is 1. The summed E-state index contributed by atoms with van der Waals surface area (Å²) in [5.74, 6) is 5.63. The smallest absolute Gasteiger partial charge is 0.251 e. The van der Waals surface area contributed by atoms with Crippen LogP contribution in [0.25, 0.3) is 0 Å². The molecule has 0 heterocycles. The van der Waals surface area contributed by atoms with E-state index in [1.807, 2.05) is 32.9 Å². The van der Waals surface area contributed by atoms with Crippen LogP contribution in [0.4, 0.5) is 0 Å². The Hall–Kier alpha value is -1.83. The van der Waals surface area contributed by atoms with Crippen molar-refractivity contribution in [1.82, 2.24) is 5.32 Å². The van der Waals surface area contributed by atoms with Crippen molar-refractivity contribution in [3.63, 3.8) is 0 Å². The second-order valence-corrected chi connectivity index (χ2v) is 4.63. The van der Waals surface area contributed by atoms with Crippen LogP contribution < -0.4 is 11.1 Å². The third kappa shape index (κ3) is 5.43. The monoisotopic (exact) mass is 274 g/mol. The molecule has 4 heteroatoms. The topological polar surface area (TPSA) is 64.3 Å².